The van der Waals surface area contributed by atoms with Gasteiger partial charge in [-0.25, -0.2) is 0 Å². The first-order valence-corrected chi connectivity index (χ1v) is 9.51. The summed E-state index contributed by atoms with van der Waals surface area (Å²) >= 11 is -5.86. The van der Waals surface area contributed by atoms with E-state index in [0.29, 0.717) is 0 Å². The minimum atomic E-state index is -5.86. The zero-order chi connectivity index (χ0) is 14.7. The van der Waals surface area contributed by atoms with Gasteiger partial charge >= 0.3 is 28.9 Å². The Morgan fingerprint density at radius 1 is 0.611 bits per heavy atom. The van der Waals surface area contributed by atoms with Crippen molar-refractivity contribution < 1.29 is 33.4 Å². The Balaban J connectivity index is 0. The van der Waals surface area contributed by atoms with Crippen molar-refractivity contribution in [2.75, 3.05) is 26.2 Å². The molecule has 0 unspecified atom stereocenters. The fraction of sp³-hybridized carbons (Fsp3) is 1.00. The molecule has 0 aromatic carbocycles. The zero-order valence-electron chi connectivity index (χ0n) is 12.1. The molecule has 0 fully saturated rings. The van der Waals surface area contributed by atoms with Crippen LogP contribution in [-0.2, 0) is 28.9 Å². The summed E-state index contributed by atoms with van der Waals surface area (Å²) in [6.07, 6.45) is 5.33. The van der Waals surface area contributed by atoms with Gasteiger partial charge in [0.2, 0.25) is 0 Å². The van der Waals surface area contributed by atoms with Crippen molar-refractivity contribution in [3.63, 3.8) is 0 Å². The predicted octanol–water partition coefficient (Wildman–Crippen LogP) is 2.97. The average Bonchev–Trinajstić information content (AvgIpc) is 2.16. The van der Waals surface area contributed by atoms with Crippen LogP contribution in [0.5, 0.6) is 0 Å². The molecule has 0 heterocycles. The zero-order valence-corrected chi connectivity index (χ0v) is 13.8. The molecule has 0 saturated heterocycles. The summed E-state index contributed by atoms with van der Waals surface area (Å²) in [7, 11) is 0. The first-order valence-electron chi connectivity index (χ1n) is 6.67. The van der Waals surface area contributed by atoms with E-state index in [1.54, 1.807) is 0 Å². The van der Waals surface area contributed by atoms with Gasteiger partial charge in [-0.15, -0.1) is 0 Å². The average molecular weight is 351 g/mol. The second kappa shape index (κ2) is 10.7. The molecular weight excluding hydrogens is 323 g/mol. The first kappa shape index (κ1) is 20.1. The van der Waals surface area contributed by atoms with Crippen LogP contribution in [0.3, 0.4) is 0 Å². The van der Waals surface area contributed by atoms with E-state index in [2.05, 4.69) is 27.7 Å². The number of hydrogen-bond acceptors (Lipinski definition) is 4. The molecule has 112 valence electrons. The van der Waals surface area contributed by atoms with Gasteiger partial charge in [0.05, 0.1) is 26.2 Å². The quantitative estimate of drug-likeness (QED) is 0.498. The summed E-state index contributed by atoms with van der Waals surface area (Å²) in [5, 5.41) is 0. The third kappa shape index (κ3) is 13.8. The summed E-state index contributed by atoms with van der Waals surface area (Å²) in [6, 6.07) is 0. The molecule has 0 saturated carbocycles. The Morgan fingerprint density at radius 3 is 0.889 bits per heavy atom. The van der Waals surface area contributed by atoms with E-state index in [9.17, 15) is 0 Å². The molecule has 0 aromatic rings. The molecule has 0 aromatic heterocycles. The Labute approximate surface area is 113 Å². The van der Waals surface area contributed by atoms with Crippen molar-refractivity contribution in [1.82, 2.24) is 0 Å². The molecule has 5 nitrogen and oxygen atoms in total. The van der Waals surface area contributed by atoms with Crippen molar-refractivity contribution in [2.45, 2.75) is 53.4 Å². The maximum absolute atomic E-state index is 8.61. The molecule has 0 rings (SSSR count). The number of hydrogen-bond donors (Lipinski definition) is 0. The van der Waals surface area contributed by atoms with Crippen LogP contribution in [0.2, 0.25) is 0 Å². The Kier molecular flexibility index (Phi) is 11.9. The summed E-state index contributed by atoms with van der Waals surface area (Å²) < 4.78 is 35.8. The van der Waals surface area contributed by atoms with Crippen molar-refractivity contribution in [3.05, 3.63) is 0 Å². The third-order valence-corrected chi connectivity index (χ3v) is 2.79. The van der Waals surface area contributed by atoms with Crippen LogP contribution < -0.4 is 0 Å². The summed E-state index contributed by atoms with van der Waals surface area (Å²) in [6.45, 7) is 14.8. The van der Waals surface area contributed by atoms with Crippen LogP contribution >= 0.6 is 0 Å². The molecule has 0 bridgehead atoms. The van der Waals surface area contributed by atoms with E-state index in [1.165, 1.54) is 56.3 Å². The number of nitrogens with zero attached hydrogens (tertiary/aromatic N) is 1. The fourth-order valence-corrected chi connectivity index (χ4v) is 2.57. The monoisotopic (exact) mass is 352 g/mol. The number of quaternary nitrogens is 1. The first-order chi connectivity index (χ1) is 8.24. The molecule has 18 heavy (non-hydrogen) atoms. The van der Waals surface area contributed by atoms with E-state index < -0.39 is 14.6 Å². The van der Waals surface area contributed by atoms with Gasteiger partial charge in [-0.2, -0.15) is 0 Å². The predicted molar refractivity (Wildman–Crippen MR) is 63.6 cm³/mol. The molecule has 6 heteroatoms. The van der Waals surface area contributed by atoms with E-state index >= 15 is 0 Å². The molecule has 0 atom stereocenters. The van der Waals surface area contributed by atoms with Crippen LogP contribution in [0.25, 0.3) is 0 Å². The molecule has 0 spiro atoms. The van der Waals surface area contributed by atoms with E-state index in [1.807, 2.05) is 0 Å². The van der Waals surface area contributed by atoms with Gasteiger partial charge in [0, 0.05) is 0 Å². The maximum atomic E-state index is 8.61. The van der Waals surface area contributed by atoms with Crippen molar-refractivity contribution >= 4 is 0 Å². The van der Waals surface area contributed by atoms with Crippen molar-refractivity contribution in [2.24, 2.45) is 0 Å². The van der Waals surface area contributed by atoms with Crippen LogP contribution in [0, 0.1) is 0 Å². The van der Waals surface area contributed by atoms with E-state index in [0.717, 1.165) is 0 Å². The summed E-state index contributed by atoms with van der Waals surface area (Å²) in [5.41, 5.74) is 0. The van der Waals surface area contributed by atoms with Crippen LogP contribution in [0.4, 0.5) is 0 Å². The van der Waals surface area contributed by atoms with Gasteiger partial charge in [0.15, 0.2) is 0 Å². The molecule has 0 aliphatic carbocycles. The normalized spacial score (nSPS) is 11.8. The molecule has 0 radical (unpaired) electrons. The molecule has 0 aliphatic heterocycles. The van der Waals surface area contributed by atoms with Gasteiger partial charge in [-0.05, 0) is 25.7 Å². The second-order valence-corrected chi connectivity index (χ2v) is 6.33. The van der Waals surface area contributed by atoms with E-state index in [4.69, 9.17) is 14.3 Å². The van der Waals surface area contributed by atoms with Crippen LogP contribution in [0.1, 0.15) is 53.4 Å². The Morgan fingerprint density at radius 2 is 0.778 bits per heavy atom. The van der Waals surface area contributed by atoms with E-state index in [-0.39, 0.29) is 0 Å². The van der Waals surface area contributed by atoms with Gasteiger partial charge in [0.1, 0.15) is 0 Å². The van der Waals surface area contributed by atoms with Gasteiger partial charge < -0.3 is 4.48 Å². The molecule has 0 N–H and O–H groups in total. The number of rotatable bonds is 8. The van der Waals surface area contributed by atoms with Crippen molar-refractivity contribution in [1.29, 1.82) is 0 Å². The van der Waals surface area contributed by atoms with Gasteiger partial charge in [-0.3, -0.25) is 0 Å². The SMILES string of the molecule is CCC[N+](CCC)(CCC)CCC.[O]=[Ru](=[O])(=[O])=[O]. The molecule has 0 amide bonds. The van der Waals surface area contributed by atoms with Crippen LogP contribution in [-0.4, -0.2) is 30.7 Å². The second-order valence-electron chi connectivity index (χ2n) is 4.59. The fourth-order valence-electron chi connectivity index (χ4n) is 2.57. The topological polar surface area (TPSA) is 68.3 Å². The molecule has 0 aliphatic rings. The Bertz CT molecular complexity index is 327. The Hall–Kier alpha value is -0.217. The van der Waals surface area contributed by atoms with Gasteiger partial charge in [-0.1, -0.05) is 27.7 Å². The summed E-state index contributed by atoms with van der Waals surface area (Å²) in [4.78, 5) is 0. The third-order valence-electron chi connectivity index (χ3n) is 2.79. The summed E-state index contributed by atoms with van der Waals surface area (Å²) in [5.74, 6) is 0. The van der Waals surface area contributed by atoms with Crippen molar-refractivity contribution in [3.8, 4) is 0 Å². The molecular formula is C12H28NO4Ru+. The van der Waals surface area contributed by atoms with Gasteiger partial charge in [0.25, 0.3) is 0 Å². The minimum absolute atomic E-state index is 1.33. The standard InChI is InChI=1S/C12H28N.4O.Ru/c1-5-9-13(10-6-2,11-7-3)12-8-4;;;;;/h5-12H2,1-4H3;;;;;/q+1;;;;;. The van der Waals surface area contributed by atoms with Crippen LogP contribution in [0.15, 0.2) is 0 Å².